The number of carbonyl (C=O) groups excluding carboxylic acids is 1. The number of oxime groups is 1. The zero-order valence-electron chi connectivity index (χ0n) is 11.5. The molecule has 0 aliphatic heterocycles. The summed E-state index contributed by atoms with van der Waals surface area (Å²) < 4.78 is 0. The van der Waals surface area contributed by atoms with Crippen molar-refractivity contribution >= 4 is 23.6 Å². The van der Waals surface area contributed by atoms with Crippen molar-refractivity contribution < 1.29 is 19.5 Å². The highest BCUT2D eigenvalue weighted by molar-refractivity contribution is 5.91. The van der Waals surface area contributed by atoms with Gasteiger partial charge in [0.2, 0.25) is 0 Å². The number of nitro groups is 2. The third kappa shape index (κ3) is 3.94. The summed E-state index contributed by atoms with van der Waals surface area (Å²) in [6.07, 6.45) is 1.02. The predicted molar refractivity (Wildman–Crippen MR) is 79.2 cm³/mol. The van der Waals surface area contributed by atoms with Gasteiger partial charge in [0.15, 0.2) is 0 Å². The average Bonchev–Trinajstić information content (AvgIpc) is 2.55. The Hall–Kier alpha value is -3.62. The highest BCUT2D eigenvalue weighted by Gasteiger charge is 2.13. The van der Waals surface area contributed by atoms with Crippen LogP contribution in [0.2, 0.25) is 0 Å². The van der Waals surface area contributed by atoms with Gasteiger partial charge < -0.3 is 4.84 Å². The molecular weight excluding hydrogens is 306 g/mol. The summed E-state index contributed by atoms with van der Waals surface area (Å²) >= 11 is 0. The van der Waals surface area contributed by atoms with Crippen molar-refractivity contribution in [3.8, 4) is 0 Å². The molecule has 0 aliphatic carbocycles. The third-order valence-corrected chi connectivity index (χ3v) is 2.75. The Morgan fingerprint density at radius 3 is 2.48 bits per heavy atom. The average molecular weight is 315 g/mol. The number of para-hydroxylation sites is 1. The van der Waals surface area contributed by atoms with Gasteiger partial charge in [-0.05, 0) is 12.1 Å². The molecule has 23 heavy (non-hydrogen) atoms. The zero-order chi connectivity index (χ0) is 16.8. The van der Waals surface area contributed by atoms with Gasteiger partial charge in [-0.25, -0.2) is 4.79 Å². The van der Waals surface area contributed by atoms with E-state index in [1.807, 2.05) is 0 Å². The molecule has 0 amide bonds. The maximum atomic E-state index is 11.7. The lowest BCUT2D eigenvalue weighted by molar-refractivity contribution is -0.385. The van der Waals surface area contributed by atoms with E-state index in [1.165, 1.54) is 36.4 Å². The summed E-state index contributed by atoms with van der Waals surface area (Å²) in [4.78, 5) is 36.5. The van der Waals surface area contributed by atoms with Crippen LogP contribution < -0.4 is 0 Å². The Labute approximate surface area is 129 Å². The summed E-state index contributed by atoms with van der Waals surface area (Å²) in [5.41, 5.74) is -0.354. The van der Waals surface area contributed by atoms with Crippen LogP contribution in [0.5, 0.6) is 0 Å². The molecule has 9 nitrogen and oxygen atoms in total. The van der Waals surface area contributed by atoms with E-state index in [1.54, 1.807) is 6.07 Å². The molecule has 0 fully saturated rings. The lowest BCUT2D eigenvalue weighted by atomic mass is 10.2. The van der Waals surface area contributed by atoms with Gasteiger partial charge in [-0.15, -0.1) is 0 Å². The number of benzene rings is 2. The van der Waals surface area contributed by atoms with Crippen LogP contribution in [0, 0.1) is 20.2 Å². The Kier molecular flexibility index (Phi) is 4.72. The molecular formula is C14H9N3O6. The Morgan fingerprint density at radius 1 is 1.04 bits per heavy atom. The summed E-state index contributed by atoms with van der Waals surface area (Å²) in [5.74, 6) is -0.913. The Morgan fingerprint density at radius 2 is 1.78 bits per heavy atom. The minimum Gasteiger partial charge on any atom is -0.313 e. The molecule has 2 rings (SSSR count). The van der Waals surface area contributed by atoms with E-state index in [0.717, 1.165) is 12.3 Å². The van der Waals surface area contributed by atoms with Crippen molar-refractivity contribution in [3.05, 3.63) is 79.9 Å². The van der Waals surface area contributed by atoms with Crippen molar-refractivity contribution in [1.29, 1.82) is 0 Å². The quantitative estimate of drug-likeness (QED) is 0.361. The van der Waals surface area contributed by atoms with Crippen LogP contribution in [0.3, 0.4) is 0 Å². The number of nitro benzene ring substituents is 2. The molecule has 0 spiro atoms. The number of hydrogen-bond acceptors (Lipinski definition) is 7. The topological polar surface area (TPSA) is 125 Å². The number of carbonyl (C=O) groups is 1. The number of non-ortho nitro benzene ring substituents is 1. The first-order chi connectivity index (χ1) is 11.0. The van der Waals surface area contributed by atoms with E-state index >= 15 is 0 Å². The summed E-state index contributed by atoms with van der Waals surface area (Å²) in [5, 5.41) is 24.8. The highest BCUT2D eigenvalue weighted by atomic mass is 16.7. The normalized spacial score (nSPS) is 10.4. The van der Waals surface area contributed by atoms with E-state index in [2.05, 4.69) is 9.99 Å². The van der Waals surface area contributed by atoms with Crippen LogP contribution in [0.1, 0.15) is 15.9 Å². The van der Waals surface area contributed by atoms with Gasteiger partial charge in [-0.3, -0.25) is 20.2 Å². The van der Waals surface area contributed by atoms with Crippen molar-refractivity contribution in [2.45, 2.75) is 0 Å². The van der Waals surface area contributed by atoms with Crippen molar-refractivity contribution in [1.82, 2.24) is 0 Å². The number of hydrogen-bond donors (Lipinski definition) is 0. The number of rotatable bonds is 5. The standard InChI is InChI=1S/C14H9N3O6/c18-14(10-5-3-6-12(8-10)16(19)20)23-15-9-11-4-1-2-7-13(11)17(21)22/h1-9H/b15-9+. The van der Waals surface area contributed by atoms with E-state index in [-0.39, 0.29) is 22.5 Å². The minimum absolute atomic E-state index is 0.0566. The first kappa shape index (κ1) is 15.8. The van der Waals surface area contributed by atoms with Crippen molar-refractivity contribution in [3.63, 3.8) is 0 Å². The summed E-state index contributed by atoms with van der Waals surface area (Å²) in [6, 6.07) is 10.7. The first-order valence-electron chi connectivity index (χ1n) is 6.21. The molecule has 0 bridgehead atoms. The van der Waals surface area contributed by atoms with E-state index < -0.39 is 15.8 Å². The van der Waals surface area contributed by atoms with Gasteiger partial charge in [0.25, 0.3) is 11.4 Å². The Balaban J connectivity index is 2.12. The van der Waals surface area contributed by atoms with Gasteiger partial charge in [0.05, 0.1) is 27.2 Å². The molecule has 0 atom stereocenters. The molecule has 0 saturated heterocycles. The van der Waals surface area contributed by atoms with Gasteiger partial charge >= 0.3 is 5.97 Å². The van der Waals surface area contributed by atoms with E-state index in [4.69, 9.17) is 0 Å². The molecule has 0 radical (unpaired) electrons. The molecule has 2 aromatic rings. The summed E-state index contributed by atoms with van der Waals surface area (Å²) in [7, 11) is 0. The third-order valence-electron chi connectivity index (χ3n) is 2.75. The second-order valence-electron chi connectivity index (χ2n) is 4.24. The maximum absolute atomic E-state index is 11.7. The minimum atomic E-state index is -0.913. The van der Waals surface area contributed by atoms with E-state index in [9.17, 15) is 25.0 Å². The van der Waals surface area contributed by atoms with Gasteiger partial charge in [0.1, 0.15) is 0 Å². The fourth-order valence-electron chi connectivity index (χ4n) is 1.69. The van der Waals surface area contributed by atoms with Crippen LogP contribution in [-0.4, -0.2) is 22.0 Å². The second-order valence-corrected chi connectivity index (χ2v) is 4.24. The lowest BCUT2D eigenvalue weighted by Gasteiger charge is -1.98. The Bertz CT molecular complexity index is 803. The SMILES string of the molecule is O=C(O/N=C/c1ccccc1[N+](=O)[O-])c1cccc([N+](=O)[O-])c1. The molecule has 0 unspecified atom stereocenters. The molecule has 0 heterocycles. The van der Waals surface area contributed by atoms with E-state index in [0.29, 0.717) is 0 Å². The monoisotopic (exact) mass is 315 g/mol. The van der Waals surface area contributed by atoms with Crippen LogP contribution in [0.25, 0.3) is 0 Å². The van der Waals surface area contributed by atoms with Crippen molar-refractivity contribution in [2.75, 3.05) is 0 Å². The highest BCUT2D eigenvalue weighted by Crippen LogP contribution is 2.16. The predicted octanol–water partition coefficient (Wildman–Crippen LogP) is 2.69. The number of nitrogens with zero attached hydrogens (tertiary/aromatic N) is 3. The zero-order valence-corrected chi connectivity index (χ0v) is 11.5. The molecule has 0 aliphatic rings. The van der Waals surface area contributed by atoms with Crippen LogP contribution in [-0.2, 0) is 4.84 Å². The van der Waals surface area contributed by atoms with Gasteiger partial charge in [0, 0.05) is 18.2 Å². The summed E-state index contributed by atoms with van der Waals surface area (Å²) in [6.45, 7) is 0. The second kappa shape index (κ2) is 6.89. The van der Waals surface area contributed by atoms with Crippen LogP contribution in [0.15, 0.2) is 53.7 Å². The molecule has 116 valence electrons. The molecule has 0 aromatic heterocycles. The van der Waals surface area contributed by atoms with Gasteiger partial charge in [-0.1, -0.05) is 23.4 Å². The van der Waals surface area contributed by atoms with Gasteiger partial charge in [-0.2, -0.15) is 0 Å². The largest absolute Gasteiger partial charge is 0.365 e. The fourth-order valence-corrected chi connectivity index (χ4v) is 1.69. The molecule has 2 aromatic carbocycles. The maximum Gasteiger partial charge on any atom is 0.365 e. The molecule has 9 heteroatoms. The molecule has 0 saturated carbocycles. The van der Waals surface area contributed by atoms with Crippen molar-refractivity contribution in [2.24, 2.45) is 5.16 Å². The smallest absolute Gasteiger partial charge is 0.313 e. The fraction of sp³-hybridized carbons (Fsp3) is 0. The first-order valence-corrected chi connectivity index (χ1v) is 6.21. The van der Waals surface area contributed by atoms with Crippen LogP contribution >= 0.6 is 0 Å². The lowest BCUT2D eigenvalue weighted by Crippen LogP contribution is -2.02. The molecule has 0 N–H and O–H groups in total. The van der Waals surface area contributed by atoms with Crippen LogP contribution in [0.4, 0.5) is 11.4 Å².